The van der Waals surface area contributed by atoms with Crippen LogP contribution in [0.4, 0.5) is 0 Å². The molecule has 0 bridgehead atoms. The number of rotatable bonds is 5. The summed E-state index contributed by atoms with van der Waals surface area (Å²) in [6, 6.07) is 0. The summed E-state index contributed by atoms with van der Waals surface area (Å²) in [4.78, 5) is 35.1. The molecule has 0 aromatic carbocycles. The molecule has 1 rings (SSSR count). The van der Waals surface area contributed by atoms with E-state index in [1.54, 1.807) is 14.1 Å². The fourth-order valence-electron chi connectivity index (χ4n) is 1.53. The van der Waals surface area contributed by atoms with Crippen LogP contribution in [0.15, 0.2) is 5.10 Å². The number of aliphatic carboxylic acids is 1. The predicted octanol–water partition coefficient (Wildman–Crippen LogP) is -0.0822. The Kier molecular flexibility index (Phi) is 4.82. The fraction of sp³-hybridized carbons (Fsp3) is 0.636. The van der Waals surface area contributed by atoms with E-state index in [9.17, 15) is 14.4 Å². The number of hydrazone groups is 1. The van der Waals surface area contributed by atoms with E-state index < -0.39 is 5.97 Å². The van der Waals surface area contributed by atoms with Crippen LogP contribution in [-0.4, -0.2) is 59.2 Å². The Labute approximate surface area is 105 Å². The molecule has 7 nitrogen and oxygen atoms in total. The molecule has 0 saturated heterocycles. The molecule has 7 heteroatoms. The molecule has 1 N–H and O–H groups in total. The van der Waals surface area contributed by atoms with Crippen molar-refractivity contribution in [3.05, 3.63) is 0 Å². The third-order valence-corrected chi connectivity index (χ3v) is 2.61. The van der Waals surface area contributed by atoms with Gasteiger partial charge in [-0.3, -0.25) is 9.59 Å². The van der Waals surface area contributed by atoms with Crippen molar-refractivity contribution in [1.29, 1.82) is 0 Å². The molecule has 2 amide bonds. The van der Waals surface area contributed by atoms with Crippen molar-refractivity contribution in [3.63, 3.8) is 0 Å². The number of nitrogens with zero attached hydrogens (tertiary/aromatic N) is 3. The first kappa shape index (κ1) is 14.1. The number of hydrogen-bond donors (Lipinski definition) is 1. The first-order valence-electron chi connectivity index (χ1n) is 5.73. The highest BCUT2D eigenvalue weighted by Gasteiger charge is 2.23. The normalized spacial score (nSPS) is 15.3. The highest BCUT2D eigenvalue weighted by molar-refractivity contribution is 6.36. The van der Waals surface area contributed by atoms with Gasteiger partial charge in [0.2, 0.25) is 11.8 Å². The van der Waals surface area contributed by atoms with Crippen molar-refractivity contribution >= 4 is 23.5 Å². The van der Waals surface area contributed by atoms with E-state index in [1.165, 1.54) is 4.90 Å². The molecular weight excluding hydrogens is 238 g/mol. The van der Waals surface area contributed by atoms with Crippen LogP contribution in [0, 0.1) is 0 Å². The van der Waals surface area contributed by atoms with Crippen molar-refractivity contribution in [3.8, 4) is 0 Å². The number of carboxylic acid groups (broad SMARTS) is 1. The topological polar surface area (TPSA) is 90.3 Å². The Morgan fingerprint density at radius 2 is 2.06 bits per heavy atom. The Hall–Kier alpha value is -1.92. The summed E-state index contributed by atoms with van der Waals surface area (Å²) in [5.74, 6) is -1.32. The van der Waals surface area contributed by atoms with Crippen molar-refractivity contribution in [1.82, 2.24) is 9.91 Å². The van der Waals surface area contributed by atoms with E-state index in [2.05, 4.69) is 5.10 Å². The standard InChI is InChI=1S/C11H17N3O4/c1-13(2)9(15)4-3-7-14-10(16)6-5-8(12-14)11(17)18/h3-7H2,1-2H3,(H,17,18). The zero-order chi connectivity index (χ0) is 13.7. The lowest BCUT2D eigenvalue weighted by molar-refractivity contribution is -0.134. The van der Waals surface area contributed by atoms with E-state index in [4.69, 9.17) is 5.11 Å². The predicted molar refractivity (Wildman–Crippen MR) is 63.9 cm³/mol. The monoisotopic (exact) mass is 255 g/mol. The molecule has 0 radical (unpaired) electrons. The number of carbonyl (C=O) groups excluding carboxylic acids is 2. The van der Waals surface area contributed by atoms with Gasteiger partial charge >= 0.3 is 5.97 Å². The van der Waals surface area contributed by atoms with Gasteiger partial charge in [-0.1, -0.05) is 0 Å². The molecule has 0 spiro atoms. The third-order valence-electron chi connectivity index (χ3n) is 2.61. The average Bonchev–Trinajstić information content (AvgIpc) is 2.30. The zero-order valence-electron chi connectivity index (χ0n) is 10.5. The third kappa shape index (κ3) is 3.83. The van der Waals surface area contributed by atoms with Crippen LogP contribution in [-0.2, 0) is 14.4 Å². The lowest BCUT2D eigenvalue weighted by atomic mass is 10.1. The Bertz CT molecular complexity index is 390. The van der Waals surface area contributed by atoms with Crippen molar-refractivity contribution in [2.45, 2.75) is 25.7 Å². The van der Waals surface area contributed by atoms with Gasteiger partial charge in [-0.15, -0.1) is 0 Å². The summed E-state index contributed by atoms with van der Waals surface area (Å²) in [6.45, 7) is 0.273. The first-order chi connectivity index (χ1) is 8.41. The van der Waals surface area contributed by atoms with E-state index in [1.807, 2.05) is 0 Å². The maximum atomic E-state index is 11.5. The van der Waals surface area contributed by atoms with E-state index >= 15 is 0 Å². The smallest absolute Gasteiger partial charge is 0.352 e. The van der Waals surface area contributed by atoms with Gasteiger partial charge in [0, 0.05) is 39.9 Å². The van der Waals surface area contributed by atoms with Gasteiger partial charge in [-0.05, 0) is 6.42 Å². The highest BCUT2D eigenvalue weighted by atomic mass is 16.4. The molecule has 18 heavy (non-hydrogen) atoms. The second-order valence-corrected chi connectivity index (χ2v) is 4.26. The Morgan fingerprint density at radius 3 is 2.61 bits per heavy atom. The number of amides is 2. The lowest BCUT2D eigenvalue weighted by Gasteiger charge is -2.22. The van der Waals surface area contributed by atoms with Crippen LogP contribution in [0.2, 0.25) is 0 Å². The lowest BCUT2D eigenvalue weighted by Crippen LogP contribution is -2.35. The molecule has 0 atom stereocenters. The minimum absolute atomic E-state index is 0.00599. The van der Waals surface area contributed by atoms with Crippen LogP contribution in [0.25, 0.3) is 0 Å². The highest BCUT2D eigenvalue weighted by Crippen LogP contribution is 2.10. The minimum atomic E-state index is -1.10. The van der Waals surface area contributed by atoms with Crippen LogP contribution in [0.5, 0.6) is 0 Å². The van der Waals surface area contributed by atoms with Crippen LogP contribution in [0.1, 0.15) is 25.7 Å². The molecular formula is C11H17N3O4. The van der Waals surface area contributed by atoms with Crippen LogP contribution in [0.3, 0.4) is 0 Å². The van der Waals surface area contributed by atoms with Gasteiger partial charge < -0.3 is 10.0 Å². The Balaban J connectivity index is 2.50. The summed E-state index contributed by atoms with van der Waals surface area (Å²) >= 11 is 0. The fourth-order valence-corrected chi connectivity index (χ4v) is 1.53. The number of hydrogen-bond acceptors (Lipinski definition) is 4. The molecule has 0 unspecified atom stereocenters. The maximum Gasteiger partial charge on any atom is 0.352 e. The maximum absolute atomic E-state index is 11.5. The van der Waals surface area contributed by atoms with E-state index in [0.717, 1.165) is 5.01 Å². The second kappa shape index (κ2) is 6.13. The quantitative estimate of drug-likeness (QED) is 0.743. The summed E-state index contributed by atoms with van der Waals surface area (Å²) in [5, 5.41) is 13.7. The largest absolute Gasteiger partial charge is 0.477 e. The molecule has 1 aliphatic rings. The number of carbonyl (C=O) groups is 3. The van der Waals surface area contributed by atoms with E-state index in [-0.39, 0.29) is 36.9 Å². The number of carboxylic acids is 1. The van der Waals surface area contributed by atoms with Crippen molar-refractivity contribution in [2.24, 2.45) is 5.10 Å². The van der Waals surface area contributed by atoms with Gasteiger partial charge in [-0.25, -0.2) is 9.80 Å². The zero-order valence-corrected chi connectivity index (χ0v) is 10.5. The molecule has 0 aliphatic carbocycles. The molecule has 0 aromatic rings. The summed E-state index contributed by atoms with van der Waals surface area (Å²) in [5.41, 5.74) is -0.00599. The van der Waals surface area contributed by atoms with Crippen LogP contribution >= 0.6 is 0 Å². The van der Waals surface area contributed by atoms with Crippen LogP contribution < -0.4 is 0 Å². The first-order valence-corrected chi connectivity index (χ1v) is 5.73. The van der Waals surface area contributed by atoms with Crippen molar-refractivity contribution in [2.75, 3.05) is 20.6 Å². The molecule has 100 valence electrons. The van der Waals surface area contributed by atoms with Gasteiger partial charge in [0.15, 0.2) is 0 Å². The SMILES string of the molecule is CN(C)C(=O)CCCN1N=C(C(=O)O)CCC1=O. The van der Waals surface area contributed by atoms with Gasteiger partial charge in [0.25, 0.3) is 0 Å². The summed E-state index contributed by atoms with van der Waals surface area (Å²) in [6.07, 6.45) is 1.11. The van der Waals surface area contributed by atoms with Gasteiger partial charge in [0.05, 0.1) is 0 Å². The Morgan fingerprint density at radius 1 is 1.39 bits per heavy atom. The molecule has 0 fully saturated rings. The summed E-state index contributed by atoms with van der Waals surface area (Å²) < 4.78 is 0. The minimum Gasteiger partial charge on any atom is -0.477 e. The van der Waals surface area contributed by atoms with E-state index in [0.29, 0.717) is 12.8 Å². The molecule has 0 aromatic heterocycles. The molecule has 1 aliphatic heterocycles. The molecule has 1 heterocycles. The van der Waals surface area contributed by atoms with Gasteiger partial charge in [0.1, 0.15) is 5.71 Å². The molecule has 0 saturated carbocycles. The second-order valence-electron chi connectivity index (χ2n) is 4.26. The van der Waals surface area contributed by atoms with Crippen molar-refractivity contribution < 1.29 is 19.5 Å². The summed E-state index contributed by atoms with van der Waals surface area (Å²) in [7, 11) is 3.32. The van der Waals surface area contributed by atoms with Gasteiger partial charge in [-0.2, -0.15) is 5.10 Å². The average molecular weight is 255 g/mol.